The summed E-state index contributed by atoms with van der Waals surface area (Å²) in [5.41, 5.74) is 1.94. The second kappa shape index (κ2) is 6.74. The van der Waals surface area contributed by atoms with Crippen LogP contribution < -0.4 is 5.32 Å². The zero-order chi connectivity index (χ0) is 17.9. The first-order valence-corrected chi connectivity index (χ1v) is 7.55. The summed E-state index contributed by atoms with van der Waals surface area (Å²) in [5.74, 6) is -0.931. The fourth-order valence-electron chi connectivity index (χ4n) is 2.19. The quantitative estimate of drug-likeness (QED) is 0.842. The number of aromatic hydroxyl groups is 1. The number of carbonyl (C=O) groups is 2. The minimum atomic E-state index is -0.441. The first-order valence-electron chi connectivity index (χ1n) is 7.55. The van der Waals surface area contributed by atoms with Crippen LogP contribution >= 0.6 is 0 Å². The molecule has 0 fully saturated rings. The third kappa shape index (κ3) is 3.93. The van der Waals surface area contributed by atoms with Gasteiger partial charge in [-0.1, -0.05) is 26.8 Å². The second-order valence-corrected chi connectivity index (χ2v) is 6.50. The van der Waals surface area contributed by atoms with Crippen LogP contribution in [0.2, 0.25) is 0 Å². The maximum Gasteiger partial charge on any atom is 0.337 e. The molecule has 24 heavy (non-hydrogen) atoms. The van der Waals surface area contributed by atoms with Crippen LogP contribution in [0.15, 0.2) is 42.5 Å². The summed E-state index contributed by atoms with van der Waals surface area (Å²) >= 11 is 0. The van der Waals surface area contributed by atoms with Crippen molar-refractivity contribution in [1.29, 1.82) is 0 Å². The number of amides is 1. The van der Waals surface area contributed by atoms with Crippen molar-refractivity contribution in [3.63, 3.8) is 0 Å². The Hall–Kier alpha value is -2.82. The molecule has 126 valence electrons. The van der Waals surface area contributed by atoms with Crippen LogP contribution in [0.5, 0.6) is 5.75 Å². The highest BCUT2D eigenvalue weighted by atomic mass is 16.5. The third-order valence-corrected chi connectivity index (χ3v) is 3.67. The Balaban J connectivity index is 2.22. The van der Waals surface area contributed by atoms with E-state index < -0.39 is 11.9 Å². The van der Waals surface area contributed by atoms with E-state index in [2.05, 4.69) is 10.1 Å². The van der Waals surface area contributed by atoms with Crippen molar-refractivity contribution in [2.45, 2.75) is 26.2 Å². The zero-order valence-corrected chi connectivity index (χ0v) is 14.2. The van der Waals surface area contributed by atoms with Crippen molar-refractivity contribution < 1.29 is 19.4 Å². The Labute approximate surface area is 141 Å². The van der Waals surface area contributed by atoms with Gasteiger partial charge in [-0.05, 0) is 47.4 Å². The predicted molar refractivity (Wildman–Crippen MR) is 92.5 cm³/mol. The SMILES string of the molecule is COC(=O)c1ccc(NC(=O)c2cc(C(C)(C)C)ccc2O)cc1. The van der Waals surface area contributed by atoms with E-state index in [1.54, 1.807) is 36.4 Å². The summed E-state index contributed by atoms with van der Waals surface area (Å²) in [7, 11) is 1.31. The molecule has 0 spiro atoms. The molecule has 1 amide bonds. The van der Waals surface area contributed by atoms with Gasteiger partial charge < -0.3 is 15.2 Å². The van der Waals surface area contributed by atoms with Crippen molar-refractivity contribution in [3.05, 3.63) is 59.2 Å². The van der Waals surface area contributed by atoms with E-state index in [0.29, 0.717) is 11.3 Å². The molecule has 5 heteroatoms. The smallest absolute Gasteiger partial charge is 0.337 e. The van der Waals surface area contributed by atoms with Crippen LogP contribution in [-0.4, -0.2) is 24.1 Å². The highest BCUT2D eigenvalue weighted by Crippen LogP contribution is 2.28. The normalized spacial score (nSPS) is 11.0. The van der Waals surface area contributed by atoms with Gasteiger partial charge in [-0.25, -0.2) is 4.79 Å². The van der Waals surface area contributed by atoms with Crippen LogP contribution in [0.25, 0.3) is 0 Å². The minimum Gasteiger partial charge on any atom is -0.507 e. The van der Waals surface area contributed by atoms with Gasteiger partial charge in [0.1, 0.15) is 5.75 Å². The lowest BCUT2D eigenvalue weighted by Crippen LogP contribution is -2.16. The second-order valence-electron chi connectivity index (χ2n) is 6.50. The molecule has 0 unspecified atom stereocenters. The molecule has 5 nitrogen and oxygen atoms in total. The van der Waals surface area contributed by atoms with Crippen LogP contribution in [0.4, 0.5) is 5.69 Å². The lowest BCUT2D eigenvalue weighted by atomic mass is 9.86. The largest absolute Gasteiger partial charge is 0.507 e. The number of anilines is 1. The molecule has 0 bridgehead atoms. The average molecular weight is 327 g/mol. The standard InChI is InChI=1S/C19H21NO4/c1-19(2,3)13-7-10-16(21)15(11-13)17(22)20-14-8-5-12(6-9-14)18(23)24-4/h5-11,21H,1-4H3,(H,20,22). The molecule has 2 N–H and O–H groups in total. The molecule has 0 saturated carbocycles. The Morgan fingerprint density at radius 1 is 1.04 bits per heavy atom. The number of rotatable bonds is 3. The van der Waals surface area contributed by atoms with Gasteiger partial charge in [-0.2, -0.15) is 0 Å². The van der Waals surface area contributed by atoms with E-state index in [1.165, 1.54) is 13.2 Å². The number of esters is 1. The van der Waals surface area contributed by atoms with Crippen LogP contribution in [0.1, 0.15) is 47.1 Å². The lowest BCUT2D eigenvalue weighted by molar-refractivity contribution is 0.0600. The number of carbonyl (C=O) groups excluding carboxylic acids is 2. The van der Waals surface area contributed by atoms with Crippen LogP contribution in [-0.2, 0) is 10.2 Å². The molecule has 2 aromatic carbocycles. The topological polar surface area (TPSA) is 75.6 Å². The van der Waals surface area contributed by atoms with Crippen molar-refractivity contribution in [2.24, 2.45) is 0 Å². The molecule has 0 aromatic heterocycles. The first kappa shape index (κ1) is 17.5. The number of ether oxygens (including phenoxy) is 1. The maximum atomic E-state index is 12.4. The average Bonchev–Trinajstić information content (AvgIpc) is 2.54. The molecule has 0 aliphatic rings. The molecular weight excluding hydrogens is 306 g/mol. The molecule has 0 saturated heterocycles. The highest BCUT2D eigenvalue weighted by molar-refractivity contribution is 6.06. The Kier molecular flexibility index (Phi) is 4.93. The van der Waals surface area contributed by atoms with E-state index in [9.17, 15) is 14.7 Å². The number of phenolic OH excluding ortho intramolecular Hbond substituents is 1. The minimum absolute atomic E-state index is 0.0771. The Morgan fingerprint density at radius 3 is 2.21 bits per heavy atom. The maximum absolute atomic E-state index is 12.4. The number of hydrogen-bond donors (Lipinski definition) is 2. The van der Waals surface area contributed by atoms with E-state index in [1.807, 2.05) is 20.8 Å². The number of benzene rings is 2. The van der Waals surface area contributed by atoms with Gasteiger partial charge in [-0.15, -0.1) is 0 Å². The first-order chi connectivity index (χ1) is 11.2. The van der Waals surface area contributed by atoms with E-state index in [-0.39, 0.29) is 16.7 Å². The highest BCUT2D eigenvalue weighted by Gasteiger charge is 2.19. The molecule has 0 atom stereocenters. The number of phenols is 1. The van der Waals surface area contributed by atoms with Crippen LogP contribution in [0, 0.1) is 0 Å². The van der Waals surface area contributed by atoms with E-state index >= 15 is 0 Å². The van der Waals surface area contributed by atoms with Gasteiger partial charge in [0.15, 0.2) is 0 Å². The molecule has 0 aliphatic carbocycles. The van der Waals surface area contributed by atoms with Gasteiger partial charge in [0.2, 0.25) is 0 Å². The monoisotopic (exact) mass is 327 g/mol. The predicted octanol–water partition coefficient (Wildman–Crippen LogP) is 3.73. The fourth-order valence-corrected chi connectivity index (χ4v) is 2.19. The Morgan fingerprint density at radius 2 is 1.67 bits per heavy atom. The molecule has 0 aliphatic heterocycles. The summed E-state index contributed by atoms with van der Waals surface area (Å²) in [4.78, 5) is 23.8. The lowest BCUT2D eigenvalue weighted by Gasteiger charge is -2.20. The summed E-state index contributed by atoms with van der Waals surface area (Å²) in [6, 6.07) is 11.4. The van der Waals surface area contributed by atoms with Crippen molar-refractivity contribution in [3.8, 4) is 5.75 Å². The summed E-state index contributed by atoms with van der Waals surface area (Å²) < 4.78 is 4.63. The van der Waals surface area contributed by atoms with Gasteiger partial charge in [0, 0.05) is 5.69 Å². The molecule has 2 aromatic rings. The number of hydrogen-bond acceptors (Lipinski definition) is 4. The fraction of sp³-hybridized carbons (Fsp3) is 0.263. The van der Waals surface area contributed by atoms with Gasteiger partial charge in [0.05, 0.1) is 18.2 Å². The van der Waals surface area contributed by atoms with Gasteiger partial charge >= 0.3 is 5.97 Å². The zero-order valence-electron chi connectivity index (χ0n) is 14.2. The van der Waals surface area contributed by atoms with E-state index in [0.717, 1.165) is 5.56 Å². The number of nitrogens with one attached hydrogen (secondary N) is 1. The molecular formula is C19H21NO4. The molecule has 0 radical (unpaired) electrons. The summed E-state index contributed by atoms with van der Waals surface area (Å²) in [6.45, 7) is 6.10. The van der Waals surface area contributed by atoms with Crippen molar-refractivity contribution in [2.75, 3.05) is 12.4 Å². The number of methoxy groups -OCH3 is 1. The van der Waals surface area contributed by atoms with Gasteiger partial charge in [0.25, 0.3) is 5.91 Å². The van der Waals surface area contributed by atoms with Crippen molar-refractivity contribution in [1.82, 2.24) is 0 Å². The summed E-state index contributed by atoms with van der Waals surface area (Å²) in [6.07, 6.45) is 0. The summed E-state index contributed by atoms with van der Waals surface area (Å²) in [5, 5.41) is 12.7. The van der Waals surface area contributed by atoms with E-state index in [4.69, 9.17) is 0 Å². The van der Waals surface area contributed by atoms with Crippen LogP contribution in [0.3, 0.4) is 0 Å². The molecule has 2 rings (SSSR count). The van der Waals surface area contributed by atoms with Crippen molar-refractivity contribution >= 4 is 17.6 Å². The van der Waals surface area contributed by atoms with Gasteiger partial charge in [-0.3, -0.25) is 4.79 Å². The molecule has 0 heterocycles. The Bertz CT molecular complexity index is 758. The third-order valence-electron chi connectivity index (χ3n) is 3.67.